The molecule has 5 nitrogen and oxygen atoms in total. The summed E-state index contributed by atoms with van der Waals surface area (Å²) in [6.45, 7) is 4.68. The molecule has 0 unspecified atom stereocenters. The molecule has 0 aliphatic rings. The van der Waals surface area contributed by atoms with Gasteiger partial charge in [0.2, 0.25) is 0 Å². The Morgan fingerprint density at radius 2 is 2.10 bits per heavy atom. The van der Waals surface area contributed by atoms with Crippen molar-refractivity contribution in [3.05, 3.63) is 58.8 Å². The molecule has 160 valence electrons. The Hall–Kier alpha value is -2.77. The van der Waals surface area contributed by atoms with Crippen LogP contribution in [-0.2, 0) is 12.3 Å². The average molecular weight is 457 g/mol. The molecule has 0 atom stereocenters. The standard InChI is InChI=1S/C23H22ClFN4OS/c1-13(2)8-18-15(11-24)10-16-20-21(31-23(16)29-18)22(28-12-27-20)26-7-6-14-4-5-19(30-3)17(25)9-14/h4-5,8-10,12H,6-7,11H2,1-3H3,(H,26,27,28). The topological polar surface area (TPSA) is 59.9 Å². The third kappa shape index (κ3) is 4.48. The second kappa shape index (κ2) is 9.16. The van der Waals surface area contributed by atoms with E-state index in [0.29, 0.717) is 18.8 Å². The molecule has 4 rings (SSSR count). The van der Waals surface area contributed by atoms with E-state index >= 15 is 0 Å². The van der Waals surface area contributed by atoms with Gasteiger partial charge in [-0.2, -0.15) is 0 Å². The summed E-state index contributed by atoms with van der Waals surface area (Å²) in [5, 5.41) is 4.34. The van der Waals surface area contributed by atoms with Crippen molar-refractivity contribution in [1.29, 1.82) is 0 Å². The molecule has 0 bridgehead atoms. The van der Waals surface area contributed by atoms with E-state index in [2.05, 4.69) is 21.4 Å². The molecule has 3 aromatic heterocycles. The normalized spacial score (nSPS) is 11.1. The summed E-state index contributed by atoms with van der Waals surface area (Å²) >= 11 is 7.73. The number of alkyl halides is 1. The summed E-state index contributed by atoms with van der Waals surface area (Å²) in [6, 6.07) is 7.07. The first kappa shape index (κ1) is 21.5. The number of hydrogen-bond acceptors (Lipinski definition) is 6. The predicted molar refractivity (Wildman–Crippen MR) is 127 cm³/mol. The van der Waals surface area contributed by atoms with Gasteiger partial charge in [-0.3, -0.25) is 0 Å². The van der Waals surface area contributed by atoms with Gasteiger partial charge in [0.25, 0.3) is 0 Å². The van der Waals surface area contributed by atoms with E-state index in [0.717, 1.165) is 48.6 Å². The maximum absolute atomic E-state index is 13.9. The van der Waals surface area contributed by atoms with E-state index in [1.807, 2.05) is 26.0 Å². The van der Waals surface area contributed by atoms with Crippen molar-refractivity contribution < 1.29 is 9.13 Å². The number of allylic oxidation sites excluding steroid dienone is 1. The summed E-state index contributed by atoms with van der Waals surface area (Å²) in [4.78, 5) is 14.6. The van der Waals surface area contributed by atoms with Crippen LogP contribution in [0.3, 0.4) is 0 Å². The van der Waals surface area contributed by atoms with Crippen molar-refractivity contribution in [3.8, 4) is 5.75 Å². The number of thiophene rings is 1. The fourth-order valence-corrected chi connectivity index (χ4v) is 4.68. The van der Waals surface area contributed by atoms with Crippen molar-refractivity contribution in [2.75, 3.05) is 19.0 Å². The van der Waals surface area contributed by atoms with Crippen LogP contribution >= 0.6 is 22.9 Å². The summed E-state index contributed by atoms with van der Waals surface area (Å²) < 4.78 is 19.8. The molecule has 0 spiro atoms. The Morgan fingerprint density at radius 3 is 2.81 bits per heavy atom. The SMILES string of the molecule is COc1ccc(CCNc2ncnc3c2sc2nc(C=C(C)C)c(CCl)cc23)cc1F. The van der Waals surface area contributed by atoms with Gasteiger partial charge in [0.15, 0.2) is 11.6 Å². The molecule has 4 aromatic rings. The largest absolute Gasteiger partial charge is 0.494 e. The molecule has 1 aromatic carbocycles. The molecule has 31 heavy (non-hydrogen) atoms. The molecule has 3 heterocycles. The minimum absolute atomic E-state index is 0.246. The number of pyridine rings is 1. The second-order valence-electron chi connectivity index (χ2n) is 7.39. The number of rotatable bonds is 7. The lowest BCUT2D eigenvalue weighted by Crippen LogP contribution is -2.07. The number of benzene rings is 1. The van der Waals surface area contributed by atoms with Gasteiger partial charge in [0.05, 0.1) is 23.0 Å². The predicted octanol–water partition coefficient (Wildman–Crippen LogP) is 6.20. The first-order valence-corrected chi connectivity index (χ1v) is 11.2. The highest BCUT2D eigenvalue weighted by Crippen LogP contribution is 2.36. The van der Waals surface area contributed by atoms with Crippen LogP contribution in [-0.4, -0.2) is 28.6 Å². The Labute approximate surface area is 189 Å². The molecule has 0 fully saturated rings. The zero-order valence-electron chi connectivity index (χ0n) is 17.5. The average Bonchev–Trinajstić information content (AvgIpc) is 3.11. The molecular formula is C23H22ClFN4OS. The molecule has 0 amide bonds. The van der Waals surface area contributed by atoms with Crippen LogP contribution in [0.4, 0.5) is 10.2 Å². The minimum Gasteiger partial charge on any atom is -0.494 e. The summed E-state index contributed by atoms with van der Waals surface area (Å²) in [7, 11) is 1.46. The summed E-state index contributed by atoms with van der Waals surface area (Å²) in [5.41, 5.74) is 4.77. The van der Waals surface area contributed by atoms with Crippen molar-refractivity contribution in [3.63, 3.8) is 0 Å². The van der Waals surface area contributed by atoms with Gasteiger partial charge in [-0.05, 0) is 55.7 Å². The smallest absolute Gasteiger partial charge is 0.165 e. The zero-order valence-corrected chi connectivity index (χ0v) is 19.1. The van der Waals surface area contributed by atoms with E-state index in [9.17, 15) is 4.39 Å². The second-order valence-corrected chi connectivity index (χ2v) is 8.65. The lowest BCUT2D eigenvalue weighted by atomic mass is 10.1. The number of aromatic nitrogens is 3. The Bertz CT molecular complexity index is 1280. The summed E-state index contributed by atoms with van der Waals surface area (Å²) in [5.74, 6) is 1.02. The number of nitrogens with zero attached hydrogens (tertiary/aromatic N) is 3. The van der Waals surface area contributed by atoms with E-state index in [1.165, 1.54) is 13.2 Å². The van der Waals surface area contributed by atoms with Crippen LogP contribution in [0, 0.1) is 5.82 Å². The molecule has 0 aliphatic carbocycles. The zero-order chi connectivity index (χ0) is 22.0. The van der Waals surface area contributed by atoms with E-state index in [1.54, 1.807) is 23.7 Å². The van der Waals surface area contributed by atoms with Gasteiger partial charge >= 0.3 is 0 Å². The third-order valence-electron chi connectivity index (χ3n) is 4.85. The summed E-state index contributed by atoms with van der Waals surface area (Å²) in [6.07, 6.45) is 4.24. The van der Waals surface area contributed by atoms with Gasteiger partial charge in [0, 0.05) is 17.8 Å². The quantitative estimate of drug-likeness (QED) is 0.335. The fourth-order valence-electron chi connectivity index (χ4n) is 3.38. The Morgan fingerprint density at radius 1 is 1.26 bits per heavy atom. The van der Waals surface area contributed by atoms with Crippen molar-refractivity contribution in [2.45, 2.75) is 26.1 Å². The molecule has 1 N–H and O–H groups in total. The van der Waals surface area contributed by atoms with Crippen molar-refractivity contribution >= 4 is 55.3 Å². The highest BCUT2D eigenvalue weighted by molar-refractivity contribution is 7.25. The first-order chi connectivity index (χ1) is 15.0. The van der Waals surface area contributed by atoms with Gasteiger partial charge in [-0.25, -0.2) is 19.3 Å². The molecule has 0 aliphatic heterocycles. The number of halogens is 2. The maximum Gasteiger partial charge on any atom is 0.165 e. The number of methoxy groups -OCH3 is 1. The molecule has 0 saturated carbocycles. The first-order valence-electron chi connectivity index (χ1n) is 9.84. The van der Waals surface area contributed by atoms with Crippen LogP contribution in [0.5, 0.6) is 5.75 Å². The van der Waals surface area contributed by atoms with Crippen molar-refractivity contribution in [1.82, 2.24) is 15.0 Å². The van der Waals surface area contributed by atoms with Gasteiger partial charge in [-0.1, -0.05) is 11.6 Å². The third-order valence-corrected chi connectivity index (χ3v) is 6.23. The van der Waals surface area contributed by atoms with Crippen LogP contribution in [0.25, 0.3) is 26.5 Å². The lowest BCUT2D eigenvalue weighted by Gasteiger charge is -2.08. The van der Waals surface area contributed by atoms with Crippen LogP contribution in [0.1, 0.15) is 30.7 Å². The monoisotopic (exact) mass is 456 g/mol. The van der Waals surface area contributed by atoms with Crippen LogP contribution in [0.15, 0.2) is 36.2 Å². The maximum atomic E-state index is 13.9. The Balaban J connectivity index is 1.62. The fraction of sp³-hybridized carbons (Fsp3) is 0.261. The Kier molecular flexibility index (Phi) is 6.34. The number of nitrogens with one attached hydrogen (secondary N) is 1. The highest BCUT2D eigenvalue weighted by Gasteiger charge is 2.15. The molecular weight excluding hydrogens is 435 g/mol. The van der Waals surface area contributed by atoms with Gasteiger partial charge in [-0.15, -0.1) is 22.9 Å². The van der Waals surface area contributed by atoms with Crippen molar-refractivity contribution in [2.24, 2.45) is 0 Å². The van der Waals surface area contributed by atoms with E-state index in [4.69, 9.17) is 21.3 Å². The molecule has 8 heteroatoms. The lowest BCUT2D eigenvalue weighted by molar-refractivity contribution is 0.386. The number of ether oxygens (including phenoxy) is 1. The van der Waals surface area contributed by atoms with Crippen LogP contribution < -0.4 is 10.1 Å². The van der Waals surface area contributed by atoms with Gasteiger partial charge in [0.1, 0.15) is 17.0 Å². The number of hydrogen-bond donors (Lipinski definition) is 1. The molecule has 0 saturated heterocycles. The van der Waals surface area contributed by atoms with E-state index < -0.39 is 0 Å². The minimum atomic E-state index is -0.359. The molecule has 0 radical (unpaired) electrons. The number of anilines is 1. The van der Waals surface area contributed by atoms with E-state index in [-0.39, 0.29) is 11.6 Å². The number of fused-ring (bicyclic) bond motifs is 3. The highest BCUT2D eigenvalue weighted by atomic mass is 35.5. The van der Waals surface area contributed by atoms with Crippen LogP contribution in [0.2, 0.25) is 0 Å². The van der Waals surface area contributed by atoms with Gasteiger partial charge < -0.3 is 10.1 Å².